The molecule has 84 valence electrons. The molecule has 16 heavy (non-hydrogen) atoms. The van der Waals surface area contributed by atoms with Crippen molar-refractivity contribution in [2.45, 2.75) is 6.42 Å². The van der Waals surface area contributed by atoms with Crippen LogP contribution in [-0.2, 0) is 6.42 Å². The standard InChI is InChI=1S/C9H10N4O3/c10-9(14)12(13(15)16)11-7-6-8-4-2-1-3-5-8/h1-5,7H,6H2,(H2,10,14). The Morgan fingerprint density at radius 1 is 1.50 bits per heavy atom. The van der Waals surface area contributed by atoms with Crippen molar-refractivity contribution in [2.75, 3.05) is 0 Å². The molecule has 0 aliphatic rings. The Morgan fingerprint density at radius 3 is 2.62 bits per heavy atom. The summed E-state index contributed by atoms with van der Waals surface area (Å²) in [7, 11) is 0. The van der Waals surface area contributed by atoms with E-state index < -0.39 is 11.1 Å². The number of urea groups is 1. The van der Waals surface area contributed by atoms with Crippen molar-refractivity contribution in [2.24, 2.45) is 10.8 Å². The number of nitrogens with zero attached hydrogens (tertiary/aromatic N) is 3. The van der Waals surface area contributed by atoms with Crippen LogP contribution in [0.1, 0.15) is 5.56 Å². The monoisotopic (exact) mass is 222 g/mol. The predicted octanol–water partition coefficient (Wildman–Crippen LogP) is 0.787. The fourth-order valence-electron chi connectivity index (χ4n) is 1.02. The average molecular weight is 222 g/mol. The van der Waals surface area contributed by atoms with Crippen molar-refractivity contribution in [3.8, 4) is 0 Å². The van der Waals surface area contributed by atoms with Crippen LogP contribution in [0.25, 0.3) is 0 Å². The number of amides is 2. The van der Waals surface area contributed by atoms with E-state index in [-0.39, 0.29) is 5.12 Å². The first-order valence-electron chi connectivity index (χ1n) is 4.41. The van der Waals surface area contributed by atoms with Gasteiger partial charge in [0, 0.05) is 11.5 Å². The Labute approximate surface area is 91.3 Å². The van der Waals surface area contributed by atoms with Crippen LogP contribution in [0.15, 0.2) is 35.4 Å². The van der Waals surface area contributed by atoms with Crippen molar-refractivity contribution < 1.29 is 9.83 Å². The Morgan fingerprint density at radius 2 is 2.12 bits per heavy atom. The number of rotatable bonds is 4. The SMILES string of the molecule is NC(=O)N(N=CCc1ccccc1)[N+](=O)[O-]. The van der Waals surface area contributed by atoms with Crippen LogP contribution in [0.4, 0.5) is 4.79 Å². The van der Waals surface area contributed by atoms with Gasteiger partial charge in [-0.25, -0.2) is 4.79 Å². The summed E-state index contributed by atoms with van der Waals surface area (Å²) in [6.45, 7) is 0. The second-order valence-electron chi connectivity index (χ2n) is 2.85. The van der Waals surface area contributed by atoms with Gasteiger partial charge in [-0.15, -0.1) is 0 Å². The Kier molecular flexibility index (Phi) is 3.96. The van der Waals surface area contributed by atoms with Crippen LogP contribution in [0, 0.1) is 10.1 Å². The van der Waals surface area contributed by atoms with Crippen molar-refractivity contribution >= 4 is 12.2 Å². The third-order valence-corrected chi connectivity index (χ3v) is 1.71. The number of hydrogen-bond acceptors (Lipinski definition) is 4. The maximum Gasteiger partial charge on any atom is 0.400 e. The van der Waals surface area contributed by atoms with E-state index in [9.17, 15) is 14.9 Å². The van der Waals surface area contributed by atoms with Gasteiger partial charge in [0.05, 0.1) is 10.2 Å². The number of nitro groups is 1. The highest BCUT2D eigenvalue weighted by Gasteiger charge is 2.18. The number of hydrazone groups is 1. The molecule has 0 saturated heterocycles. The molecule has 0 bridgehead atoms. The van der Waals surface area contributed by atoms with Crippen LogP contribution in [0.2, 0.25) is 0 Å². The van der Waals surface area contributed by atoms with Crippen molar-refractivity contribution in [3.63, 3.8) is 0 Å². The largest absolute Gasteiger partial charge is 0.400 e. The number of benzene rings is 1. The minimum atomic E-state index is -1.23. The fourth-order valence-corrected chi connectivity index (χ4v) is 1.02. The van der Waals surface area contributed by atoms with E-state index in [1.807, 2.05) is 30.3 Å². The molecule has 7 nitrogen and oxygen atoms in total. The van der Waals surface area contributed by atoms with Crippen LogP contribution in [0.5, 0.6) is 0 Å². The van der Waals surface area contributed by atoms with E-state index in [0.717, 1.165) is 5.56 Å². The smallest absolute Gasteiger partial charge is 0.345 e. The highest BCUT2D eigenvalue weighted by Crippen LogP contribution is 1.98. The molecule has 7 heteroatoms. The molecule has 0 fully saturated rings. The zero-order valence-corrected chi connectivity index (χ0v) is 8.31. The van der Waals surface area contributed by atoms with Gasteiger partial charge in [0.25, 0.3) is 0 Å². The van der Waals surface area contributed by atoms with E-state index in [0.29, 0.717) is 6.42 Å². The van der Waals surface area contributed by atoms with Gasteiger partial charge in [-0.05, 0) is 5.56 Å². The number of carbonyl (C=O) groups excluding carboxylic acids is 1. The summed E-state index contributed by atoms with van der Waals surface area (Å²) in [5.41, 5.74) is 5.68. The second-order valence-corrected chi connectivity index (χ2v) is 2.85. The zero-order valence-electron chi connectivity index (χ0n) is 8.31. The summed E-state index contributed by atoms with van der Waals surface area (Å²) in [6.07, 6.45) is 1.64. The Hall–Kier alpha value is -2.44. The molecular formula is C9H10N4O3. The highest BCUT2D eigenvalue weighted by molar-refractivity contribution is 5.72. The molecule has 1 aromatic carbocycles. The van der Waals surface area contributed by atoms with Crippen molar-refractivity contribution in [1.29, 1.82) is 0 Å². The molecule has 0 spiro atoms. The molecule has 0 aliphatic heterocycles. The summed E-state index contributed by atoms with van der Waals surface area (Å²) in [4.78, 5) is 20.9. The number of primary amides is 1. The van der Waals surface area contributed by atoms with E-state index in [2.05, 4.69) is 5.10 Å². The fraction of sp³-hybridized carbons (Fsp3) is 0.111. The molecular weight excluding hydrogens is 212 g/mol. The van der Waals surface area contributed by atoms with Crippen LogP contribution >= 0.6 is 0 Å². The molecule has 0 heterocycles. The molecule has 0 radical (unpaired) electrons. The number of hydrazine groups is 1. The van der Waals surface area contributed by atoms with Crippen molar-refractivity contribution in [1.82, 2.24) is 5.12 Å². The molecule has 0 unspecified atom stereocenters. The van der Waals surface area contributed by atoms with E-state index in [1.54, 1.807) is 0 Å². The lowest BCUT2D eigenvalue weighted by Gasteiger charge is -2.01. The number of nitrogens with two attached hydrogens (primary N) is 1. The Bertz CT molecular complexity index is 390. The van der Waals surface area contributed by atoms with E-state index in [4.69, 9.17) is 5.73 Å². The molecule has 0 atom stereocenters. The molecule has 1 aromatic rings. The summed E-state index contributed by atoms with van der Waals surface area (Å²) < 4.78 is 0. The second kappa shape index (κ2) is 5.44. The summed E-state index contributed by atoms with van der Waals surface area (Å²) in [5, 5.41) is 12.7. The number of hydrogen-bond donors (Lipinski definition) is 1. The van der Waals surface area contributed by atoms with Crippen LogP contribution < -0.4 is 5.73 Å². The first-order valence-corrected chi connectivity index (χ1v) is 4.41. The summed E-state index contributed by atoms with van der Waals surface area (Å²) in [6, 6.07) is 7.98. The maximum atomic E-state index is 10.6. The topological polar surface area (TPSA) is 102 Å². The van der Waals surface area contributed by atoms with Gasteiger partial charge in [-0.3, -0.25) is 0 Å². The normalized spacial score (nSPS) is 10.2. The van der Waals surface area contributed by atoms with Gasteiger partial charge in [-0.2, -0.15) is 0 Å². The first kappa shape index (κ1) is 11.6. The third kappa shape index (κ3) is 3.37. The molecule has 2 amide bonds. The molecule has 2 N–H and O–H groups in total. The first-order chi connectivity index (χ1) is 7.61. The quantitative estimate of drug-likeness (QED) is 0.462. The highest BCUT2D eigenvalue weighted by atomic mass is 16.7. The Balaban J connectivity index is 2.60. The lowest BCUT2D eigenvalue weighted by Crippen LogP contribution is -2.36. The molecule has 1 rings (SSSR count). The maximum absolute atomic E-state index is 10.6. The molecule has 0 aliphatic carbocycles. The lowest BCUT2D eigenvalue weighted by molar-refractivity contribution is -0.633. The number of carbonyl (C=O) groups is 1. The van der Waals surface area contributed by atoms with E-state index >= 15 is 0 Å². The third-order valence-electron chi connectivity index (χ3n) is 1.71. The van der Waals surface area contributed by atoms with Gasteiger partial charge in [0.2, 0.25) is 0 Å². The van der Waals surface area contributed by atoms with Gasteiger partial charge < -0.3 is 15.8 Å². The van der Waals surface area contributed by atoms with Crippen LogP contribution in [-0.4, -0.2) is 22.4 Å². The minimum absolute atomic E-state index is 0.0110. The van der Waals surface area contributed by atoms with Gasteiger partial charge in [0.15, 0.2) is 0 Å². The van der Waals surface area contributed by atoms with Gasteiger partial charge >= 0.3 is 6.03 Å². The summed E-state index contributed by atoms with van der Waals surface area (Å²) in [5.74, 6) is 0. The van der Waals surface area contributed by atoms with Crippen LogP contribution in [0.3, 0.4) is 0 Å². The van der Waals surface area contributed by atoms with Gasteiger partial charge in [0.1, 0.15) is 6.21 Å². The molecule has 0 aromatic heterocycles. The van der Waals surface area contributed by atoms with Gasteiger partial charge in [-0.1, -0.05) is 30.3 Å². The molecule has 0 saturated carbocycles. The van der Waals surface area contributed by atoms with Crippen molar-refractivity contribution in [3.05, 3.63) is 46.0 Å². The lowest BCUT2D eigenvalue weighted by atomic mass is 10.2. The average Bonchev–Trinajstić information content (AvgIpc) is 2.24. The zero-order chi connectivity index (χ0) is 12.0. The van der Waals surface area contributed by atoms with E-state index in [1.165, 1.54) is 6.21 Å². The minimum Gasteiger partial charge on any atom is -0.345 e. The predicted molar refractivity (Wildman–Crippen MR) is 57.1 cm³/mol. The summed E-state index contributed by atoms with van der Waals surface area (Å²) >= 11 is 0.